The number of fused-ring (bicyclic) bond motifs is 1. The van der Waals surface area contributed by atoms with Crippen LogP contribution in [0.1, 0.15) is 51.9 Å². The molecule has 1 aromatic rings. The molecular weight excluding hydrogens is 456 g/mol. The molecule has 2 aliphatic rings. The zero-order chi connectivity index (χ0) is 24.5. The molecule has 1 aromatic carbocycles. The lowest BCUT2D eigenvalue weighted by Crippen LogP contribution is -2.22. The quantitative estimate of drug-likeness (QED) is 0.354. The first-order chi connectivity index (χ1) is 16.4. The number of allylic oxidation sites excluding steroid dienone is 1. The van der Waals surface area contributed by atoms with Crippen LogP contribution in [0, 0.1) is 17.8 Å². The summed E-state index contributed by atoms with van der Waals surface area (Å²) in [7, 11) is 0. The number of halogens is 1. The highest BCUT2D eigenvalue weighted by Crippen LogP contribution is 2.40. The lowest BCUT2D eigenvalue weighted by molar-refractivity contribution is -0.142. The average Bonchev–Trinajstić information content (AvgIpc) is 2.97. The van der Waals surface area contributed by atoms with Gasteiger partial charge >= 0.3 is 5.97 Å². The van der Waals surface area contributed by atoms with Gasteiger partial charge in [0.25, 0.3) is 0 Å². The molecular formula is C27H37ClO6. The maximum atomic E-state index is 11.4. The van der Waals surface area contributed by atoms with Crippen LogP contribution in [0.5, 0.6) is 5.75 Å². The SMILES string of the molecule is CCCC(CCCC1=CC[C@@H]2[C@@H](/C=C/[C@@H](O)COc3cccc(Cl)c3)[C@H](O)C[C@@H]2OC1)C(=O)O. The fourth-order valence-corrected chi connectivity index (χ4v) is 5.17. The Morgan fingerprint density at radius 2 is 2.18 bits per heavy atom. The maximum absolute atomic E-state index is 11.4. The van der Waals surface area contributed by atoms with E-state index in [1.807, 2.05) is 13.0 Å². The van der Waals surface area contributed by atoms with Gasteiger partial charge in [0.05, 0.1) is 24.7 Å². The largest absolute Gasteiger partial charge is 0.491 e. The van der Waals surface area contributed by atoms with Gasteiger partial charge < -0.3 is 24.8 Å². The van der Waals surface area contributed by atoms with Crippen LogP contribution in [0.3, 0.4) is 0 Å². The van der Waals surface area contributed by atoms with Gasteiger partial charge in [0.15, 0.2) is 0 Å². The van der Waals surface area contributed by atoms with Gasteiger partial charge in [-0.1, -0.05) is 49.2 Å². The number of benzene rings is 1. The third-order valence-corrected chi connectivity index (χ3v) is 7.10. The van der Waals surface area contributed by atoms with Gasteiger partial charge in [0, 0.05) is 17.4 Å². The van der Waals surface area contributed by atoms with Gasteiger partial charge in [-0.15, -0.1) is 0 Å². The molecule has 0 saturated heterocycles. The average molecular weight is 493 g/mol. The molecule has 34 heavy (non-hydrogen) atoms. The highest BCUT2D eigenvalue weighted by atomic mass is 35.5. The third-order valence-electron chi connectivity index (χ3n) is 6.86. The van der Waals surface area contributed by atoms with Gasteiger partial charge in [0.1, 0.15) is 18.5 Å². The first-order valence-electron chi connectivity index (χ1n) is 12.3. The Morgan fingerprint density at radius 1 is 1.35 bits per heavy atom. The van der Waals surface area contributed by atoms with Crippen LogP contribution in [0.4, 0.5) is 0 Å². The van der Waals surface area contributed by atoms with Crippen LogP contribution >= 0.6 is 11.6 Å². The molecule has 1 aliphatic heterocycles. The van der Waals surface area contributed by atoms with E-state index in [1.165, 1.54) is 5.57 Å². The molecule has 1 aliphatic carbocycles. The number of rotatable bonds is 12. The van der Waals surface area contributed by atoms with Crippen LogP contribution in [-0.4, -0.2) is 52.8 Å². The minimum atomic E-state index is -0.798. The second kappa shape index (κ2) is 13.3. The van der Waals surface area contributed by atoms with Gasteiger partial charge in [-0.2, -0.15) is 0 Å². The topological polar surface area (TPSA) is 96.2 Å². The molecule has 1 heterocycles. The summed E-state index contributed by atoms with van der Waals surface area (Å²) < 4.78 is 11.7. The molecule has 0 radical (unpaired) electrons. The minimum absolute atomic E-state index is 0.0230. The first-order valence-corrected chi connectivity index (χ1v) is 12.7. The molecule has 3 rings (SSSR count). The molecule has 6 nitrogen and oxygen atoms in total. The van der Waals surface area contributed by atoms with Gasteiger partial charge in [0.2, 0.25) is 0 Å². The molecule has 0 amide bonds. The molecule has 0 aromatic heterocycles. The van der Waals surface area contributed by atoms with E-state index in [4.69, 9.17) is 21.1 Å². The summed E-state index contributed by atoms with van der Waals surface area (Å²) in [5.41, 5.74) is 1.21. The molecule has 188 valence electrons. The zero-order valence-corrected chi connectivity index (χ0v) is 20.6. The standard InChI is InChI=1S/C27H37ClO6/c1-2-5-19(27(31)32)7-3-6-18-10-12-24-23(25(30)15-26(24)34-16-18)13-11-21(29)17-33-22-9-4-8-20(28)14-22/h4,8-11,13-14,19,21,23-26,29-30H,2-3,5-7,12,15-17H2,1H3,(H,31,32)/b13-11+/t19?,21-,23-,24-,25-,26+/m1/s1. The molecule has 3 N–H and O–H groups in total. The van der Waals surface area contributed by atoms with E-state index in [9.17, 15) is 20.1 Å². The number of hydrogen-bond acceptors (Lipinski definition) is 5. The van der Waals surface area contributed by atoms with Crippen molar-refractivity contribution in [3.05, 3.63) is 53.1 Å². The van der Waals surface area contributed by atoms with Gasteiger partial charge in [-0.05, 0) is 61.8 Å². The zero-order valence-electron chi connectivity index (χ0n) is 19.8. The van der Waals surface area contributed by atoms with Crippen molar-refractivity contribution in [3.63, 3.8) is 0 Å². The molecule has 7 heteroatoms. The molecule has 1 unspecified atom stereocenters. The number of aliphatic hydroxyl groups is 2. The van der Waals surface area contributed by atoms with Crippen molar-refractivity contribution in [2.24, 2.45) is 17.8 Å². The van der Waals surface area contributed by atoms with Crippen molar-refractivity contribution in [2.75, 3.05) is 13.2 Å². The summed E-state index contributed by atoms with van der Waals surface area (Å²) in [5, 5.41) is 30.8. The van der Waals surface area contributed by atoms with Crippen LogP contribution in [-0.2, 0) is 9.53 Å². The number of carboxylic acid groups (broad SMARTS) is 1. The number of carbonyl (C=O) groups is 1. The van der Waals surface area contributed by atoms with E-state index < -0.39 is 18.2 Å². The van der Waals surface area contributed by atoms with Crippen LogP contribution in [0.15, 0.2) is 48.1 Å². The van der Waals surface area contributed by atoms with E-state index >= 15 is 0 Å². The van der Waals surface area contributed by atoms with Crippen molar-refractivity contribution < 1.29 is 29.6 Å². The highest BCUT2D eigenvalue weighted by molar-refractivity contribution is 6.30. The summed E-state index contributed by atoms with van der Waals surface area (Å²) in [6.45, 7) is 2.65. The van der Waals surface area contributed by atoms with Crippen molar-refractivity contribution in [3.8, 4) is 5.75 Å². The summed E-state index contributed by atoms with van der Waals surface area (Å²) in [4.78, 5) is 11.4. The van der Waals surface area contributed by atoms with E-state index in [-0.39, 0.29) is 30.5 Å². The van der Waals surface area contributed by atoms with E-state index in [0.717, 1.165) is 32.1 Å². The monoisotopic (exact) mass is 492 g/mol. The van der Waals surface area contributed by atoms with Gasteiger partial charge in [-0.3, -0.25) is 4.79 Å². The van der Waals surface area contributed by atoms with E-state index in [2.05, 4.69) is 6.08 Å². The normalized spacial score (nSPS) is 26.5. The number of aliphatic carboxylic acids is 1. The maximum Gasteiger partial charge on any atom is 0.306 e. The molecule has 0 spiro atoms. The molecule has 6 atom stereocenters. The smallest absolute Gasteiger partial charge is 0.306 e. The second-order valence-electron chi connectivity index (χ2n) is 9.43. The van der Waals surface area contributed by atoms with E-state index in [1.54, 1.807) is 30.3 Å². The van der Waals surface area contributed by atoms with Crippen molar-refractivity contribution in [1.29, 1.82) is 0 Å². The lowest BCUT2D eigenvalue weighted by Gasteiger charge is -2.20. The number of hydrogen-bond donors (Lipinski definition) is 3. The number of carboxylic acids is 1. The lowest BCUT2D eigenvalue weighted by atomic mass is 9.89. The number of aliphatic hydroxyl groups excluding tert-OH is 2. The second-order valence-corrected chi connectivity index (χ2v) is 9.86. The Bertz CT molecular complexity index is 853. The predicted molar refractivity (Wildman–Crippen MR) is 132 cm³/mol. The molecule has 0 bridgehead atoms. The summed E-state index contributed by atoms with van der Waals surface area (Å²) in [6, 6.07) is 7.03. The summed E-state index contributed by atoms with van der Waals surface area (Å²) >= 11 is 5.95. The fourth-order valence-electron chi connectivity index (χ4n) is 4.99. The fraction of sp³-hybridized carbons (Fsp3) is 0.593. The van der Waals surface area contributed by atoms with Crippen LogP contribution in [0.25, 0.3) is 0 Å². The van der Waals surface area contributed by atoms with Crippen molar-refractivity contribution in [1.82, 2.24) is 0 Å². The van der Waals surface area contributed by atoms with Crippen molar-refractivity contribution in [2.45, 2.75) is 70.2 Å². The Morgan fingerprint density at radius 3 is 2.91 bits per heavy atom. The Kier molecular flexibility index (Phi) is 10.5. The Hall–Kier alpha value is -1.86. The van der Waals surface area contributed by atoms with Crippen molar-refractivity contribution >= 4 is 17.6 Å². The summed E-state index contributed by atoms with van der Waals surface area (Å²) in [6.07, 6.45) is 9.81. The molecule has 1 saturated carbocycles. The Balaban J connectivity index is 1.50. The van der Waals surface area contributed by atoms with Crippen LogP contribution in [0.2, 0.25) is 5.02 Å². The summed E-state index contributed by atoms with van der Waals surface area (Å²) in [5.74, 6) is -0.319. The highest BCUT2D eigenvalue weighted by Gasteiger charge is 2.42. The van der Waals surface area contributed by atoms with Gasteiger partial charge in [-0.25, -0.2) is 0 Å². The van der Waals surface area contributed by atoms with Crippen LogP contribution < -0.4 is 4.74 Å². The number of ether oxygens (including phenoxy) is 2. The predicted octanol–water partition coefficient (Wildman–Crippen LogP) is 5.02. The van der Waals surface area contributed by atoms with E-state index in [0.29, 0.717) is 30.2 Å². The minimum Gasteiger partial charge on any atom is -0.491 e. The molecule has 1 fully saturated rings. The Labute approximate surface area is 207 Å². The first kappa shape index (κ1) is 26.7. The third kappa shape index (κ3) is 7.84.